The van der Waals surface area contributed by atoms with Gasteiger partial charge in [0.25, 0.3) is 11.8 Å². The standard InChI is InChI=1S/C26H28ClN5O3/c1-4-13-32(3)16-24(33)29-20-9-6-18(7-10-20)25(34)30-22-11-5-17(2)14-21(22)26(35)31-23-12-8-19(27)15-28-23/h5-12,14-15H,4,13,16H2,1-3H3,(H,29,33)(H,30,34)(H,28,31,35). The van der Waals surface area contributed by atoms with Crippen molar-refractivity contribution in [3.8, 4) is 0 Å². The lowest BCUT2D eigenvalue weighted by Crippen LogP contribution is -2.30. The number of rotatable bonds is 9. The lowest BCUT2D eigenvalue weighted by atomic mass is 10.1. The molecule has 3 rings (SSSR count). The largest absolute Gasteiger partial charge is 0.325 e. The van der Waals surface area contributed by atoms with E-state index in [0.29, 0.717) is 39.9 Å². The van der Waals surface area contributed by atoms with Gasteiger partial charge in [-0.3, -0.25) is 19.3 Å². The summed E-state index contributed by atoms with van der Waals surface area (Å²) < 4.78 is 0. The zero-order valence-electron chi connectivity index (χ0n) is 19.9. The van der Waals surface area contributed by atoms with Crippen LogP contribution in [0.2, 0.25) is 5.02 Å². The molecule has 0 unspecified atom stereocenters. The van der Waals surface area contributed by atoms with Crippen LogP contribution in [0.15, 0.2) is 60.8 Å². The molecule has 0 aliphatic heterocycles. The summed E-state index contributed by atoms with van der Waals surface area (Å²) in [7, 11) is 1.89. The Morgan fingerprint density at radius 3 is 2.34 bits per heavy atom. The van der Waals surface area contributed by atoms with Gasteiger partial charge in [0.1, 0.15) is 5.82 Å². The maximum Gasteiger partial charge on any atom is 0.258 e. The zero-order chi connectivity index (χ0) is 25.4. The first kappa shape index (κ1) is 25.9. The Labute approximate surface area is 209 Å². The summed E-state index contributed by atoms with van der Waals surface area (Å²) in [4.78, 5) is 43.9. The molecule has 1 aromatic heterocycles. The molecular formula is C26H28ClN5O3. The fourth-order valence-corrected chi connectivity index (χ4v) is 3.51. The molecule has 1 heterocycles. The molecule has 0 bridgehead atoms. The van der Waals surface area contributed by atoms with Gasteiger partial charge in [-0.05, 0) is 75.5 Å². The predicted molar refractivity (Wildman–Crippen MR) is 139 cm³/mol. The molecule has 0 saturated heterocycles. The number of hydrogen-bond donors (Lipinski definition) is 3. The van der Waals surface area contributed by atoms with E-state index in [4.69, 9.17) is 11.6 Å². The third-order valence-corrected chi connectivity index (χ3v) is 5.31. The first-order chi connectivity index (χ1) is 16.7. The summed E-state index contributed by atoms with van der Waals surface area (Å²) in [6, 6.07) is 15.0. The van der Waals surface area contributed by atoms with Gasteiger partial charge in [-0.2, -0.15) is 0 Å². The van der Waals surface area contributed by atoms with Crippen molar-refractivity contribution in [2.75, 3.05) is 36.1 Å². The van der Waals surface area contributed by atoms with Crippen molar-refractivity contribution in [2.24, 2.45) is 0 Å². The Hall–Kier alpha value is -3.75. The minimum Gasteiger partial charge on any atom is -0.325 e. The number of aryl methyl sites for hydroxylation is 1. The third-order valence-electron chi connectivity index (χ3n) is 5.09. The van der Waals surface area contributed by atoms with Gasteiger partial charge in [-0.1, -0.05) is 30.2 Å². The quantitative estimate of drug-likeness (QED) is 0.396. The highest BCUT2D eigenvalue weighted by Crippen LogP contribution is 2.21. The molecule has 3 aromatic rings. The summed E-state index contributed by atoms with van der Waals surface area (Å²) >= 11 is 5.85. The molecule has 0 saturated carbocycles. The summed E-state index contributed by atoms with van der Waals surface area (Å²) in [6.45, 7) is 5.04. The maximum absolute atomic E-state index is 12.9. The molecule has 0 radical (unpaired) electrons. The van der Waals surface area contributed by atoms with Gasteiger partial charge in [-0.25, -0.2) is 4.98 Å². The molecule has 8 nitrogen and oxygen atoms in total. The molecule has 0 atom stereocenters. The van der Waals surface area contributed by atoms with Crippen LogP contribution in [0.1, 0.15) is 39.6 Å². The van der Waals surface area contributed by atoms with E-state index < -0.39 is 5.91 Å². The summed E-state index contributed by atoms with van der Waals surface area (Å²) in [5.41, 5.74) is 2.51. The molecular weight excluding hydrogens is 466 g/mol. The van der Waals surface area contributed by atoms with E-state index in [1.165, 1.54) is 6.20 Å². The number of benzene rings is 2. The third kappa shape index (κ3) is 7.63. The van der Waals surface area contributed by atoms with Gasteiger partial charge in [0.05, 0.1) is 22.8 Å². The van der Waals surface area contributed by atoms with E-state index in [-0.39, 0.29) is 11.8 Å². The van der Waals surface area contributed by atoms with Gasteiger partial charge in [0.2, 0.25) is 5.91 Å². The van der Waals surface area contributed by atoms with Crippen LogP contribution >= 0.6 is 11.6 Å². The number of carbonyl (C=O) groups is 3. The highest BCUT2D eigenvalue weighted by Gasteiger charge is 2.16. The lowest BCUT2D eigenvalue weighted by Gasteiger charge is -2.15. The van der Waals surface area contributed by atoms with E-state index in [9.17, 15) is 14.4 Å². The summed E-state index contributed by atoms with van der Waals surface area (Å²) in [5.74, 6) is -0.571. The Kier molecular flexibility index (Phi) is 8.94. The average Bonchev–Trinajstić information content (AvgIpc) is 2.82. The monoisotopic (exact) mass is 493 g/mol. The Morgan fingerprint density at radius 1 is 0.943 bits per heavy atom. The van der Waals surface area contributed by atoms with Crippen molar-refractivity contribution in [2.45, 2.75) is 20.3 Å². The predicted octanol–water partition coefficient (Wildman–Crippen LogP) is 4.83. The first-order valence-electron chi connectivity index (χ1n) is 11.2. The van der Waals surface area contributed by atoms with Crippen LogP contribution in [-0.4, -0.2) is 47.7 Å². The van der Waals surface area contributed by atoms with Crippen LogP contribution in [0.3, 0.4) is 0 Å². The highest BCUT2D eigenvalue weighted by molar-refractivity contribution is 6.30. The topological polar surface area (TPSA) is 103 Å². The molecule has 2 aromatic carbocycles. The van der Waals surface area contributed by atoms with E-state index in [1.54, 1.807) is 54.6 Å². The normalized spacial score (nSPS) is 10.7. The van der Waals surface area contributed by atoms with Crippen molar-refractivity contribution in [3.05, 3.63) is 82.5 Å². The second-order valence-electron chi connectivity index (χ2n) is 8.18. The van der Waals surface area contributed by atoms with Gasteiger partial charge in [-0.15, -0.1) is 0 Å². The van der Waals surface area contributed by atoms with Crippen molar-refractivity contribution in [3.63, 3.8) is 0 Å². The average molecular weight is 494 g/mol. The number of carbonyl (C=O) groups excluding carboxylic acids is 3. The van der Waals surface area contributed by atoms with E-state index >= 15 is 0 Å². The van der Waals surface area contributed by atoms with Crippen molar-refractivity contribution in [1.82, 2.24) is 9.88 Å². The molecule has 35 heavy (non-hydrogen) atoms. The maximum atomic E-state index is 12.9. The number of halogens is 1. The molecule has 3 N–H and O–H groups in total. The molecule has 0 spiro atoms. The lowest BCUT2D eigenvalue weighted by molar-refractivity contribution is -0.117. The smallest absolute Gasteiger partial charge is 0.258 e. The number of amides is 3. The number of anilines is 3. The number of pyridine rings is 1. The van der Waals surface area contributed by atoms with E-state index in [1.807, 2.05) is 18.9 Å². The summed E-state index contributed by atoms with van der Waals surface area (Å²) in [5, 5.41) is 8.79. The molecule has 0 aliphatic rings. The SMILES string of the molecule is CCCN(C)CC(=O)Nc1ccc(C(=O)Nc2ccc(C)cc2C(=O)Nc2ccc(Cl)cn2)cc1. The van der Waals surface area contributed by atoms with Crippen LogP contribution in [-0.2, 0) is 4.79 Å². The zero-order valence-corrected chi connectivity index (χ0v) is 20.6. The Morgan fingerprint density at radius 2 is 1.69 bits per heavy atom. The fourth-order valence-electron chi connectivity index (χ4n) is 3.39. The van der Waals surface area contributed by atoms with Gasteiger partial charge in [0.15, 0.2) is 0 Å². The summed E-state index contributed by atoms with van der Waals surface area (Å²) in [6.07, 6.45) is 2.40. The van der Waals surface area contributed by atoms with Gasteiger partial charge < -0.3 is 16.0 Å². The van der Waals surface area contributed by atoms with Crippen LogP contribution in [0.5, 0.6) is 0 Å². The molecule has 9 heteroatoms. The van der Waals surface area contributed by atoms with Crippen molar-refractivity contribution < 1.29 is 14.4 Å². The first-order valence-corrected chi connectivity index (χ1v) is 11.6. The Balaban J connectivity index is 1.68. The highest BCUT2D eigenvalue weighted by atomic mass is 35.5. The number of hydrogen-bond acceptors (Lipinski definition) is 5. The number of aromatic nitrogens is 1. The minimum atomic E-state index is -0.412. The molecule has 0 aliphatic carbocycles. The molecule has 182 valence electrons. The minimum absolute atomic E-state index is 0.122. The number of likely N-dealkylation sites (N-methyl/N-ethyl adjacent to an activating group) is 1. The van der Waals surface area contributed by atoms with Gasteiger partial charge in [0, 0.05) is 17.4 Å². The van der Waals surface area contributed by atoms with Crippen LogP contribution in [0.25, 0.3) is 0 Å². The number of nitrogens with one attached hydrogen (secondary N) is 3. The van der Waals surface area contributed by atoms with E-state index in [2.05, 4.69) is 27.9 Å². The Bertz CT molecular complexity index is 1200. The van der Waals surface area contributed by atoms with Crippen LogP contribution < -0.4 is 16.0 Å². The fraction of sp³-hybridized carbons (Fsp3) is 0.231. The molecule has 0 fully saturated rings. The number of nitrogens with zero attached hydrogens (tertiary/aromatic N) is 2. The van der Waals surface area contributed by atoms with Crippen LogP contribution in [0.4, 0.5) is 17.2 Å². The second kappa shape index (κ2) is 12.1. The molecule has 3 amide bonds. The van der Waals surface area contributed by atoms with Crippen molar-refractivity contribution >= 4 is 46.5 Å². The van der Waals surface area contributed by atoms with E-state index in [0.717, 1.165) is 18.5 Å². The second-order valence-corrected chi connectivity index (χ2v) is 8.62. The van der Waals surface area contributed by atoms with Gasteiger partial charge >= 0.3 is 0 Å². The van der Waals surface area contributed by atoms with Crippen molar-refractivity contribution in [1.29, 1.82) is 0 Å². The van der Waals surface area contributed by atoms with Crippen LogP contribution in [0, 0.1) is 6.92 Å².